The van der Waals surface area contributed by atoms with E-state index in [1.165, 1.54) is 5.56 Å². The standard InChI is InChI=1S/C13H13NOS/c1-9-2-4-10(5-3-9)15-11-6-7-12(14)13(16)8-11/h2-8,16H,14H2,1H3. The Morgan fingerprint density at radius 3 is 2.25 bits per heavy atom. The summed E-state index contributed by atoms with van der Waals surface area (Å²) in [6, 6.07) is 13.3. The molecule has 2 N–H and O–H groups in total. The first-order valence-corrected chi connectivity index (χ1v) is 5.43. The molecule has 82 valence electrons. The van der Waals surface area contributed by atoms with Gasteiger partial charge in [0.2, 0.25) is 0 Å². The molecule has 0 saturated heterocycles. The van der Waals surface area contributed by atoms with Crippen LogP contribution in [0.25, 0.3) is 0 Å². The fourth-order valence-corrected chi connectivity index (χ4v) is 1.53. The summed E-state index contributed by atoms with van der Waals surface area (Å²) in [5.74, 6) is 1.55. The minimum atomic E-state index is 0.652. The maximum Gasteiger partial charge on any atom is 0.128 e. The van der Waals surface area contributed by atoms with Gasteiger partial charge in [0.05, 0.1) is 0 Å². The van der Waals surface area contributed by atoms with Gasteiger partial charge in [-0.1, -0.05) is 17.7 Å². The minimum absolute atomic E-state index is 0.652. The molecule has 3 heteroatoms. The van der Waals surface area contributed by atoms with Crippen molar-refractivity contribution in [3.8, 4) is 11.5 Å². The van der Waals surface area contributed by atoms with Crippen LogP contribution in [-0.4, -0.2) is 0 Å². The van der Waals surface area contributed by atoms with Crippen molar-refractivity contribution in [3.63, 3.8) is 0 Å². The fourth-order valence-electron chi connectivity index (χ4n) is 1.33. The molecule has 0 aromatic heterocycles. The lowest BCUT2D eigenvalue weighted by atomic mass is 10.2. The van der Waals surface area contributed by atoms with E-state index in [-0.39, 0.29) is 0 Å². The average Bonchev–Trinajstić information content (AvgIpc) is 2.27. The van der Waals surface area contributed by atoms with Crippen LogP contribution in [0.5, 0.6) is 11.5 Å². The molecule has 0 saturated carbocycles. The van der Waals surface area contributed by atoms with Crippen LogP contribution in [0.4, 0.5) is 5.69 Å². The van der Waals surface area contributed by atoms with Crippen LogP contribution in [0.1, 0.15) is 5.56 Å². The van der Waals surface area contributed by atoms with E-state index in [2.05, 4.69) is 12.6 Å². The highest BCUT2D eigenvalue weighted by Gasteiger charge is 2.00. The molecule has 2 nitrogen and oxygen atoms in total. The SMILES string of the molecule is Cc1ccc(Oc2ccc(N)c(S)c2)cc1. The molecule has 16 heavy (non-hydrogen) atoms. The van der Waals surface area contributed by atoms with Gasteiger partial charge in [0, 0.05) is 10.6 Å². The molecule has 2 aromatic carbocycles. The molecule has 0 amide bonds. The first-order valence-electron chi connectivity index (χ1n) is 4.98. The van der Waals surface area contributed by atoms with E-state index in [9.17, 15) is 0 Å². The Bertz CT molecular complexity index is 494. The molecule has 0 aliphatic heterocycles. The largest absolute Gasteiger partial charge is 0.457 e. The van der Waals surface area contributed by atoms with Gasteiger partial charge in [0.1, 0.15) is 11.5 Å². The van der Waals surface area contributed by atoms with Gasteiger partial charge in [-0.15, -0.1) is 12.6 Å². The molecule has 0 radical (unpaired) electrons. The Morgan fingerprint density at radius 2 is 1.62 bits per heavy atom. The number of anilines is 1. The molecular weight excluding hydrogens is 218 g/mol. The normalized spacial score (nSPS) is 10.1. The number of hydrogen-bond donors (Lipinski definition) is 2. The van der Waals surface area contributed by atoms with E-state index in [0.717, 1.165) is 16.4 Å². The predicted octanol–water partition coefficient (Wildman–Crippen LogP) is 3.66. The minimum Gasteiger partial charge on any atom is -0.457 e. The number of rotatable bonds is 2. The average molecular weight is 231 g/mol. The molecule has 0 heterocycles. The van der Waals surface area contributed by atoms with Crippen molar-refractivity contribution < 1.29 is 4.74 Å². The number of hydrogen-bond acceptors (Lipinski definition) is 3. The number of thiol groups is 1. The summed E-state index contributed by atoms with van der Waals surface area (Å²) in [5.41, 5.74) is 7.53. The summed E-state index contributed by atoms with van der Waals surface area (Å²) in [6.07, 6.45) is 0. The lowest BCUT2D eigenvalue weighted by Gasteiger charge is -2.07. The number of nitrogens with two attached hydrogens (primary N) is 1. The number of benzene rings is 2. The first-order chi connectivity index (χ1) is 7.65. The third kappa shape index (κ3) is 2.49. The van der Waals surface area contributed by atoms with Crippen LogP contribution in [0.3, 0.4) is 0 Å². The Labute approximate surface area is 100 Å². The van der Waals surface area contributed by atoms with Crippen molar-refractivity contribution in [2.45, 2.75) is 11.8 Å². The molecule has 0 spiro atoms. The van der Waals surface area contributed by atoms with Gasteiger partial charge in [-0.25, -0.2) is 0 Å². The van der Waals surface area contributed by atoms with Gasteiger partial charge in [-0.05, 0) is 37.3 Å². The zero-order chi connectivity index (χ0) is 11.5. The third-order valence-electron chi connectivity index (χ3n) is 2.26. The van der Waals surface area contributed by atoms with Crippen LogP contribution < -0.4 is 10.5 Å². The van der Waals surface area contributed by atoms with Gasteiger partial charge < -0.3 is 10.5 Å². The molecule has 0 aliphatic carbocycles. The van der Waals surface area contributed by atoms with Gasteiger partial charge in [-0.3, -0.25) is 0 Å². The Hall–Kier alpha value is -1.61. The van der Waals surface area contributed by atoms with Crippen LogP contribution in [0.2, 0.25) is 0 Å². The van der Waals surface area contributed by atoms with Gasteiger partial charge in [0.15, 0.2) is 0 Å². The van der Waals surface area contributed by atoms with Crippen LogP contribution in [0.15, 0.2) is 47.4 Å². The highest BCUT2D eigenvalue weighted by Crippen LogP contribution is 2.26. The Balaban J connectivity index is 2.20. The molecule has 0 atom stereocenters. The number of ether oxygens (including phenoxy) is 1. The topological polar surface area (TPSA) is 35.2 Å². The molecule has 2 aromatic rings. The lowest BCUT2D eigenvalue weighted by molar-refractivity contribution is 0.481. The smallest absolute Gasteiger partial charge is 0.128 e. The van der Waals surface area contributed by atoms with Crippen LogP contribution in [-0.2, 0) is 0 Å². The fraction of sp³-hybridized carbons (Fsp3) is 0.0769. The maximum absolute atomic E-state index is 5.67. The summed E-state index contributed by atoms with van der Waals surface area (Å²) in [7, 11) is 0. The molecule has 0 aliphatic rings. The second-order valence-corrected chi connectivity index (χ2v) is 4.12. The van der Waals surface area contributed by atoms with E-state index in [4.69, 9.17) is 10.5 Å². The molecule has 0 fully saturated rings. The van der Waals surface area contributed by atoms with Crippen molar-refractivity contribution in [1.82, 2.24) is 0 Å². The second kappa shape index (κ2) is 4.49. The van der Waals surface area contributed by atoms with E-state index >= 15 is 0 Å². The molecule has 0 unspecified atom stereocenters. The summed E-state index contributed by atoms with van der Waals surface area (Å²) in [6.45, 7) is 2.04. The van der Waals surface area contributed by atoms with Gasteiger partial charge in [0.25, 0.3) is 0 Å². The Kier molecular flexibility index (Phi) is 3.06. The maximum atomic E-state index is 5.67. The van der Waals surface area contributed by atoms with Crippen molar-refractivity contribution >= 4 is 18.3 Å². The van der Waals surface area contributed by atoms with E-state index in [1.807, 2.05) is 37.3 Å². The van der Waals surface area contributed by atoms with E-state index < -0.39 is 0 Å². The summed E-state index contributed by atoms with van der Waals surface area (Å²) >= 11 is 4.25. The van der Waals surface area contributed by atoms with Crippen molar-refractivity contribution in [2.24, 2.45) is 0 Å². The van der Waals surface area contributed by atoms with Crippen molar-refractivity contribution in [2.75, 3.05) is 5.73 Å². The Morgan fingerprint density at radius 1 is 1.00 bits per heavy atom. The van der Waals surface area contributed by atoms with Crippen LogP contribution in [0, 0.1) is 6.92 Å². The predicted molar refractivity (Wildman–Crippen MR) is 69.4 cm³/mol. The zero-order valence-corrected chi connectivity index (χ0v) is 9.87. The van der Waals surface area contributed by atoms with E-state index in [1.54, 1.807) is 12.1 Å². The van der Waals surface area contributed by atoms with Crippen molar-refractivity contribution in [1.29, 1.82) is 0 Å². The highest BCUT2D eigenvalue weighted by molar-refractivity contribution is 7.80. The van der Waals surface area contributed by atoms with E-state index in [0.29, 0.717) is 5.69 Å². The quantitative estimate of drug-likeness (QED) is 0.611. The monoisotopic (exact) mass is 231 g/mol. The second-order valence-electron chi connectivity index (χ2n) is 3.64. The number of nitrogen functional groups attached to an aromatic ring is 1. The molecule has 2 rings (SSSR count). The van der Waals surface area contributed by atoms with Crippen molar-refractivity contribution in [3.05, 3.63) is 48.0 Å². The lowest BCUT2D eigenvalue weighted by Crippen LogP contribution is -1.89. The summed E-state index contributed by atoms with van der Waals surface area (Å²) in [4.78, 5) is 0.726. The first kappa shape index (κ1) is 10.9. The van der Waals surface area contributed by atoms with Crippen LogP contribution >= 0.6 is 12.6 Å². The highest BCUT2D eigenvalue weighted by atomic mass is 32.1. The zero-order valence-electron chi connectivity index (χ0n) is 8.97. The van der Waals surface area contributed by atoms with Gasteiger partial charge in [-0.2, -0.15) is 0 Å². The summed E-state index contributed by atoms with van der Waals surface area (Å²) in [5, 5.41) is 0. The van der Waals surface area contributed by atoms with Gasteiger partial charge >= 0.3 is 0 Å². The molecule has 0 bridgehead atoms. The third-order valence-corrected chi connectivity index (χ3v) is 2.65. The molecular formula is C13H13NOS. The number of aryl methyl sites for hydroxylation is 1. The summed E-state index contributed by atoms with van der Waals surface area (Å²) < 4.78 is 5.66.